The number of hydrogen-bond donors (Lipinski definition) is 1. The zero-order valence-electron chi connectivity index (χ0n) is 11.2. The van der Waals surface area contributed by atoms with E-state index in [9.17, 15) is 0 Å². The van der Waals surface area contributed by atoms with Gasteiger partial charge in [-0.15, -0.1) is 5.10 Å². The Morgan fingerprint density at radius 3 is 2.74 bits per heavy atom. The Morgan fingerprint density at radius 2 is 2.05 bits per heavy atom. The fourth-order valence-electron chi connectivity index (χ4n) is 2.13. The van der Waals surface area contributed by atoms with E-state index in [1.54, 1.807) is 0 Å². The van der Waals surface area contributed by atoms with Crippen molar-refractivity contribution in [1.82, 2.24) is 25.5 Å². The van der Waals surface area contributed by atoms with Crippen LogP contribution < -0.4 is 5.32 Å². The fourth-order valence-corrected chi connectivity index (χ4v) is 2.13. The number of tetrazole rings is 1. The Bertz CT molecular complexity index is 527. The highest BCUT2D eigenvalue weighted by atomic mass is 15.5. The van der Waals surface area contributed by atoms with Crippen molar-refractivity contribution in [3.8, 4) is 5.69 Å². The zero-order valence-corrected chi connectivity index (χ0v) is 11.2. The van der Waals surface area contributed by atoms with Crippen LogP contribution in [0.1, 0.15) is 37.6 Å². The summed E-state index contributed by atoms with van der Waals surface area (Å²) in [5.74, 6) is 0.871. The second kappa shape index (κ2) is 5.48. The molecule has 1 aliphatic rings. The van der Waals surface area contributed by atoms with Gasteiger partial charge in [0.2, 0.25) is 0 Å². The summed E-state index contributed by atoms with van der Waals surface area (Å²) >= 11 is 0. The second-order valence-corrected chi connectivity index (χ2v) is 5.08. The zero-order chi connectivity index (χ0) is 13.1. The Morgan fingerprint density at radius 1 is 1.26 bits per heavy atom. The van der Waals surface area contributed by atoms with Crippen LogP contribution in [-0.2, 0) is 13.0 Å². The Balaban J connectivity index is 1.74. The molecule has 19 heavy (non-hydrogen) atoms. The average molecular weight is 257 g/mol. The van der Waals surface area contributed by atoms with E-state index in [4.69, 9.17) is 0 Å². The topological polar surface area (TPSA) is 55.6 Å². The molecule has 1 aromatic carbocycles. The minimum absolute atomic E-state index is 0.664. The van der Waals surface area contributed by atoms with E-state index >= 15 is 0 Å². The maximum Gasteiger partial charge on any atom is 0.170 e. The summed E-state index contributed by atoms with van der Waals surface area (Å²) in [5, 5.41) is 15.4. The summed E-state index contributed by atoms with van der Waals surface area (Å²) in [7, 11) is 0. The van der Waals surface area contributed by atoms with Crippen molar-refractivity contribution in [3.05, 3.63) is 35.7 Å². The first-order valence-corrected chi connectivity index (χ1v) is 6.97. The van der Waals surface area contributed by atoms with Gasteiger partial charge in [-0.25, -0.2) is 0 Å². The molecule has 0 saturated heterocycles. The lowest BCUT2D eigenvalue weighted by Gasteiger charge is -2.06. The van der Waals surface area contributed by atoms with Crippen molar-refractivity contribution in [2.75, 3.05) is 0 Å². The summed E-state index contributed by atoms with van der Waals surface area (Å²) in [5.41, 5.74) is 2.38. The number of nitrogens with zero attached hydrogens (tertiary/aromatic N) is 4. The predicted octanol–water partition coefficient (Wildman–Crippen LogP) is 1.87. The first-order chi connectivity index (χ1) is 9.36. The molecule has 1 aromatic heterocycles. The van der Waals surface area contributed by atoms with Crippen molar-refractivity contribution in [1.29, 1.82) is 0 Å². The van der Waals surface area contributed by atoms with Gasteiger partial charge in [0.15, 0.2) is 5.82 Å². The van der Waals surface area contributed by atoms with Crippen LogP contribution in [-0.4, -0.2) is 26.2 Å². The van der Waals surface area contributed by atoms with Gasteiger partial charge in [0.25, 0.3) is 0 Å². The highest BCUT2D eigenvalue weighted by Crippen LogP contribution is 2.19. The maximum atomic E-state index is 4.09. The molecule has 0 aliphatic heterocycles. The summed E-state index contributed by atoms with van der Waals surface area (Å²) in [4.78, 5) is 0. The molecule has 0 amide bonds. The minimum atomic E-state index is 0.664. The maximum absolute atomic E-state index is 4.09. The Labute approximate surface area is 113 Å². The van der Waals surface area contributed by atoms with Gasteiger partial charge in [-0.3, -0.25) is 0 Å². The fraction of sp³-hybridized carbons (Fsp3) is 0.500. The van der Waals surface area contributed by atoms with E-state index in [-0.39, 0.29) is 0 Å². The number of aromatic nitrogens is 4. The molecule has 0 bridgehead atoms. The van der Waals surface area contributed by atoms with Gasteiger partial charge >= 0.3 is 0 Å². The molecule has 1 aliphatic carbocycles. The lowest BCUT2D eigenvalue weighted by Crippen LogP contribution is -2.18. The highest BCUT2D eigenvalue weighted by molar-refractivity contribution is 5.34. The lowest BCUT2D eigenvalue weighted by atomic mass is 10.1. The minimum Gasteiger partial charge on any atom is -0.307 e. The Hall–Kier alpha value is -1.75. The molecule has 0 unspecified atom stereocenters. The molecule has 100 valence electrons. The van der Waals surface area contributed by atoms with Crippen molar-refractivity contribution in [2.45, 2.75) is 45.2 Å². The van der Waals surface area contributed by atoms with Crippen LogP contribution in [0.4, 0.5) is 0 Å². The van der Waals surface area contributed by atoms with Crippen LogP contribution in [0.15, 0.2) is 24.3 Å². The van der Waals surface area contributed by atoms with Crippen LogP contribution in [0.25, 0.3) is 5.69 Å². The van der Waals surface area contributed by atoms with Gasteiger partial charge in [-0.2, -0.15) is 4.68 Å². The average Bonchev–Trinajstić information content (AvgIpc) is 3.15. The van der Waals surface area contributed by atoms with Gasteiger partial charge in [0, 0.05) is 6.04 Å². The molecule has 1 saturated carbocycles. The predicted molar refractivity (Wildman–Crippen MR) is 73.0 cm³/mol. The number of rotatable bonds is 6. The number of benzene rings is 1. The van der Waals surface area contributed by atoms with E-state index in [0.29, 0.717) is 6.04 Å². The SMILES string of the molecule is CCCc1ccc(-n2nnnc2CNC2CC2)cc1. The molecule has 3 rings (SSSR count). The third kappa shape index (κ3) is 2.98. The molecular weight excluding hydrogens is 238 g/mol. The molecule has 0 atom stereocenters. The van der Waals surface area contributed by atoms with E-state index in [1.165, 1.54) is 24.8 Å². The lowest BCUT2D eigenvalue weighted by molar-refractivity contribution is 0.637. The van der Waals surface area contributed by atoms with Gasteiger partial charge in [0.05, 0.1) is 12.2 Å². The first kappa shape index (κ1) is 12.3. The largest absolute Gasteiger partial charge is 0.307 e. The van der Waals surface area contributed by atoms with Crippen molar-refractivity contribution in [2.24, 2.45) is 0 Å². The summed E-state index contributed by atoms with van der Waals surface area (Å²) in [6.45, 7) is 2.92. The molecule has 5 nitrogen and oxygen atoms in total. The molecule has 0 spiro atoms. The standard InChI is InChI=1S/C14H19N5/c1-2-3-11-4-8-13(9-5-11)19-14(16-17-18-19)10-15-12-6-7-12/h4-5,8-9,12,15H,2-3,6-7,10H2,1H3. The molecule has 0 radical (unpaired) electrons. The Kier molecular flexibility index (Phi) is 3.55. The highest BCUT2D eigenvalue weighted by Gasteiger charge is 2.21. The first-order valence-electron chi connectivity index (χ1n) is 6.97. The monoisotopic (exact) mass is 257 g/mol. The third-order valence-electron chi connectivity index (χ3n) is 3.38. The molecule has 5 heteroatoms. The van der Waals surface area contributed by atoms with Gasteiger partial charge in [0.1, 0.15) is 0 Å². The third-order valence-corrected chi connectivity index (χ3v) is 3.38. The van der Waals surface area contributed by atoms with Gasteiger partial charge in [-0.1, -0.05) is 25.5 Å². The molecule has 1 fully saturated rings. The van der Waals surface area contributed by atoms with Gasteiger partial charge in [-0.05, 0) is 47.4 Å². The van der Waals surface area contributed by atoms with Crippen molar-refractivity contribution >= 4 is 0 Å². The normalized spacial score (nSPS) is 14.8. The van der Waals surface area contributed by atoms with E-state index < -0.39 is 0 Å². The van der Waals surface area contributed by atoms with Crippen LogP contribution in [0.3, 0.4) is 0 Å². The van der Waals surface area contributed by atoms with Crippen LogP contribution >= 0.6 is 0 Å². The smallest absolute Gasteiger partial charge is 0.170 e. The number of aryl methyl sites for hydroxylation is 1. The van der Waals surface area contributed by atoms with Crippen LogP contribution in [0.5, 0.6) is 0 Å². The van der Waals surface area contributed by atoms with E-state index in [1.807, 2.05) is 4.68 Å². The van der Waals surface area contributed by atoms with Crippen LogP contribution in [0.2, 0.25) is 0 Å². The van der Waals surface area contributed by atoms with E-state index in [2.05, 4.69) is 52.0 Å². The number of nitrogens with one attached hydrogen (secondary N) is 1. The van der Waals surface area contributed by atoms with Crippen LogP contribution in [0, 0.1) is 0 Å². The molecule has 2 aromatic rings. The van der Waals surface area contributed by atoms with Crippen molar-refractivity contribution < 1.29 is 0 Å². The summed E-state index contributed by atoms with van der Waals surface area (Å²) in [6, 6.07) is 9.14. The summed E-state index contributed by atoms with van der Waals surface area (Å²) < 4.78 is 1.81. The van der Waals surface area contributed by atoms with Gasteiger partial charge < -0.3 is 5.32 Å². The second-order valence-electron chi connectivity index (χ2n) is 5.08. The molecular formula is C14H19N5. The number of hydrogen-bond acceptors (Lipinski definition) is 4. The van der Waals surface area contributed by atoms with Crippen molar-refractivity contribution in [3.63, 3.8) is 0 Å². The summed E-state index contributed by atoms with van der Waals surface area (Å²) in [6.07, 6.45) is 4.83. The molecule has 1 N–H and O–H groups in total. The quantitative estimate of drug-likeness (QED) is 0.858. The van der Waals surface area contributed by atoms with E-state index in [0.717, 1.165) is 24.5 Å². The molecule has 1 heterocycles.